The molecule has 5 nitrogen and oxygen atoms in total. The van der Waals surface area contributed by atoms with E-state index in [4.69, 9.17) is 0 Å². The van der Waals surface area contributed by atoms with Crippen LogP contribution in [0.2, 0.25) is 0 Å². The van der Waals surface area contributed by atoms with Crippen molar-refractivity contribution in [1.82, 2.24) is 0 Å². The minimum atomic E-state index is -0.766. The largest absolute Gasteiger partial charge is 0.365 e. The smallest absolute Gasteiger partial charge is 0.311 e. The number of amides is 1. The van der Waals surface area contributed by atoms with E-state index >= 15 is 0 Å². The molecule has 0 fully saturated rings. The molecule has 0 bridgehead atoms. The molecule has 1 rings (SSSR count). The lowest BCUT2D eigenvalue weighted by Gasteiger charge is -1.98. The highest BCUT2D eigenvalue weighted by Gasteiger charge is 2.26. The van der Waals surface area contributed by atoms with Crippen LogP contribution in [-0.2, 0) is 14.4 Å². The third-order valence-electron chi connectivity index (χ3n) is 1.06. The third kappa shape index (κ3) is 1.37. The summed E-state index contributed by atoms with van der Waals surface area (Å²) in [5, 5.41) is 6.10. The summed E-state index contributed by atoms with van der Waals surface area (Å²) in [7, 11) is 0. The Balaban J connectivity index is 2.45. The molecule has 0 radical (unpaired) electrons. The zero-order valence-electron chi connectivity index (χ0n) is 5.40. The van der Waals surface area contributed by atoms with Crippen molar-refractivity contribution in [1.29, 1.82) is 0 Å². The quantitative estimate of drug-likeness (QED) is 0.555. The van der Waals surface area contributed by atoms with E-state index < -0.39 is 12.0 Å². The summed E-state index contributed by atoms with van der Waals surface area (Å²) >= 11 is 0. The molecule has 0 aromatic heterocycles. The zero-order valence-corrected chi connectivity index (χ0v) is 5.40. The Labute approximate surface area is 57.0 Å². The molecular weight excluding hydrogens is 136 g/mol. The van der Waals surface area contributed by atoms with E-state index in [2.05, 4.69) is 15.2 Å². The van der Waals surface area contributed by atoms with E-state index in [-0.39, 0.29) is 12.2 Å². The second-order valence-corrected chi connectivity index (χ2v) is 2.02. The molecule has 0 aromatic rings. The van der Waals surface area contributed by atoms with E-state index in [0.29, 0.717) is 0 Å². The van der Waals surface area contributed by atoms with Crippen molar-refractivity contribution in [3.63, 3.8) is 0 Å². The van der Waals surface area contributed by atoms with Crippen molar-refractivity contribution in [2.75, 3.05) is 0 Å². The summed E-state index contributed by atoms with van der Waals surface area (Å²) in [6, 6.07) is 0. The summed E-state index contributed by atoms with van der Waals surface area (Å²) in [4.78, 5) is 25.5. The topological polar surface area (TPSA) is 68.1 Å². The zero-order chi connectivity index (χ0) is 7.56. The molecule has 0 spiro atoms. The summed E-state index contributed by atoms with van der Waals surface area (Å²) in [6.45, 7) is 1.38. The molecule has 1 aliphatic heterocycles. The van der Waals surface area contributed by atoms with Crippen molar-refractivity contribution in [2.45, 2.75) is 19.4 Å². The summed E-state index contributed by atoms with van der Waals surface area (Å²) in [5.41, 5.74) is 0. The molecule has 1 heterocycles. The molecular formula is C5H6N2O3. The number of hydrogen-bond acceptors (Lipinski definition) is 4. The van der Waals surface area contributed by atoms with Gasteiger partial charge in [-0.25, -0.2) is 0 Å². The fourth-order valence-corrected chi connectivity index (χ4v) is 0.616. The van der Waals surface area contributed by atoms with E-state index in [1.54, 1.807) is 0 Å². The van der Waals surface area contributed by atoms with Gasteiger partial charge < -0.3 is 4.84 Å². The average molecular weight is 142 g/mol. The fraction of sp³-hybridized carbons (Fsp3) is 0.600. The molecule has 0 saturated carbocycles. The number of carbonyl (C=O) groups is 2. The van der Waals surface area contributed by atoms with Crippen molar-refractivity contribution < 1.29 is 14.4 Å². The van der Waals surface area contributed by atoms with Gasteiger partial charge in [-0.3, -0.25) is 9.59 Å². The van der Waals surface area contributed by atoms with Crippen LogP contribution in [0.4, 0.5) is 0 Å². The van der Waals surface area contributed by atoms with Crippen molar-refractivity contribution in [2.24, 2.45) is 10.4 Å². The third-order valence-corrected chi connectivity index (χ3v) is 1.06. The first-order valence-corrected chi connectivity index (χ1v) is 2.80. The van der Waals surface area contributed by atoms with E-state index in [1.165, 1.54) is 6.92 Å². The van der Waals surface area contributed by atoms with Crippen LogP contribution in [0.1, 0.15) is 13.3 Å². The normalized spacial score (nSPS) is 22.9. The summed E-state index contributed by atoms with van der Waals surface area (Å²) in [5.74, 6) is -0.583. The lowest BCUT2D eigenvalue weighted by atomic mass is 10.2. The second-order valence-electron chi connectivity index (χ2n) is 2.02. The second kappa shape index (κ2) is 2.55. The van der Waals surface area contributed by atoms with E-state index in [9.17, 15) is 9.59 Å². The molecule has 1 atom stereocenters. The number of Topliss-reactive ketones (excluding diaryl/α,β-unsaturated/α-hetero) is 1. The monoisotopic (exact) mass is 142 g/mol. The highest BCUT2D eigenvalue weighted by atomic mass is 16.7. The molecule has 1 unspecified atom stereocenters. The first-order chi connectivity index (χ1) is 4.70. The lowest BCUT2D eigenvalue weighted by molar-refractivity contribution is -0.129. The van der Waals surface area contributed by atoms with Crippen LogP contribution in [0.5, 0.6) is 0 Å². The molecule has 0 N–H and O–H groups in total. The van der Waals surface area contributed by atoms with E-state index in [0.717, 1.165) is 0 Å². The van der Waals surface area contributed by atoms with Crippen LogP contribution in [0.15, 0.2) is 10.4 Å². The molecule has 0 aliphatic carbocycles. The number of hydrogen-bond donors (Lipinski definition) is 0. The van der Waals surface area contributed by atoms with Crippen LogP contribution in [-0.4, -0.2) is 17.8 Å². The number of carbonyl (C=O) groups excluding carboxylic acids is 2. The van der Waals surface area contributed by atoms with E-state index in [1.807, 2.05) is 0 Å². The Bertz CT molecular complexity index is 199. The Morgan fingerprint density at radius 2 is 2.50 bits per heavy atom. The fourth-order valence-electron chi connectivity index (χ4n) is 0.616. The Kier molecular flexibility index (Phi) is 1.75. The highest BCUT2D eigenvalue weighted by Crippen LogP contribution is 2.09. The molecule has 5 heteroatoms. The van der Waals surface area contributed by atoms with Crippen LogP contribution in [0, 0.1) is 0 Å². The van der Waals surface area contributed by atoms with Gasteiger partial charge in [0.15, 0.2) is 0 Å². The van der Waals surface area contributed by atoms with Gasteiger partial charge in [0.25, 0.3) is 0 Å². The first-order valence-electron chi connectivity index (χ1n) is 2.80. The number of ketones is 1. The average Bonchev–Trinajstić information content (AvgIpc) is 2.15. The molecule has 54 valence electrons. The van der Waals surface area contributed by atoms with Crippen LogP contribution >= 0.6 is 0 Å². The maximum absolute atomic E-state index is 10.6. The molecule has 0 saturated heterocycles. The first kappa shape index (κ1) is 6.85. The minimum Gasteiger partial charge on any atom is -0.365 e. The van der Waals surface area contributed by atoms with Crippen LogP contribution in [0.25, 0.3) is 0 Å². The van der Waals surface area contributed by atoms with Gasteiger partial charge in [0.1, 0.15) is 5.78 Å². The van der Waals surface area contributed by atoms with Crippen molar-refractivity contribution >= 4 is 11.7 Å². The van der Waals surface area contributed by atoms with Crippen LogP contribution < -0.4 is 0 Å². The van der Waals surface area contributed by atoms with Gasteiger partial charge in [-0.2, -0.15) is 0 Å². The molecule has 1 aliphatic rings. The van der Waals surface area contributed by atoms with Gasteiger partial charge in [0.05, 0.1) is 6.42 Å². The molecule has 1 amide bonds. The predicted octanol–water partition coefficient (Wildman–Crippen LogP) is 0.258. The Hall–Kier alpha value is -1.26. The number of nitrogens with zero attached hydrogens (tertiary/aromatic N) is 2. The Morgan fingerprint density at radius 1 is 1.80 bits per heavy atom. The van der Waals surface area contributed by atoms with Crippen molar-refractivity contribution in [3.05, 3.63) is 0 Å². The molecule has 10 heavy (non-hydrogen) atoms. The van der Waals surface area contributed by atoms with Gasteiger partial charge in [-0.15, -0.1) is 0 Å². The van der Waals surface area contributed by atoms with Gasteiger partial charge >= 0.3 is 5.91 Å². The lowest BCUT2D eigenvalue weighted by Crippen LogP contribution is -2.18. The van der Waals surface area contributed by atoms with Gasteiger partial charge in [-0.1, -0.05) is 5.11 Å². The maximum atomic E-state index is 10.6. The number of rotatable bonds is 2. The van der Waals surface area contributed by atoms with Gasteiger partial charge in [0.2, 0.25) is 6.10 Å². The summed E-state index contributed by atoms with van der Waals surface area (Å²) < 4.78 is 0. The van der Waals surface area contributed by atoms with Gasteiger partial charge in [0, 0.05) is 5.28 Å². The minimum absolute atomic E-state index is 0.0613. The Morgan fingerprint density at radius 3 is 2.90 bits per heavy atom. The highest BCUT2D eigenvalue weighted by molar-refractivity contribution is 5.88. The van der Waals surface area contributed by atoms with Gasteiger partial charge in [-0.05, 0) is 6.92 Å². The standard InChI is InChI=1S/C5H6N2O3/c1-3(8)2-4-5(9)6-7-10-4/h4H,2H2,1H3. The SMILES string of the molecule is CC(=O)CC1ON=NC1=O. The summed E-state index contributed by atoms with van der Waals surface area (Å²) in [6.07, 6.45) is -0.705. The maximum Gasteiger partial charge on any atom is 0.311 e. The van der Waals surface area contributed by atoms with Crippen molar-refractivity contribution in [3.8, 4) is 0 Å². The van der Waals surface area contributed by atoms with Crippen LogP contribution in [0.3, 0.4) is 0 Å². The molecule has 0 aromatic carbocycles. The predicted molar refractivity (Wildman–Crippen MR) is 30.0 cm³/mol.